The molecule has 0 spiro atoms. The number of aromatic hydroxyl groups is 12. The molecule has 9 rings (SSSR count). The Hall–Kier alpha value is -9.37. The molecule has 360 valence electrons. The van der Waals surface area contributed by atoms with Crippen molar-refractivity contribution in [1.82, 2.24) is 0 Å². The Morgan fingerprint density at radius 2 is 1.03 bits per heavy atom. The summed E-state index contributed by atoms with van der Waals surface area (Å²) in [6.45, 7) is -1.53. The summed E-state index contributed by atoms with van der Waals surface area (Å²) in [5.74, 6) is -32.0. The molecule has 0 radical (unpaired) electrons. The summed E-state index contributed by atoms with van der Waals surface area (Å²) in [7, 11) is 0.645. The average Bonchev–Trinajstić information content (AvgIpc) is 3.54. The summed E-state index contributed by atoms with van der Waals surface area (Å²) < 4.78 is 32.2. The molecule has 4 aromatic rings. The van der Waals surface area contributed by atoms with E-state index in [-0.39, 0.29) is 0 Å². The Morgan fingerprint density at radius 1 is 0.565 bits per heavy atom. The normalized spacial score (nSPS) is 24.1. The zero-order chi connectivity index (χ0) is 50.6. The Labute approximate surface area is 379 Å². The van der Waals surface area contributed by atoms with Crippen molar-refractivity contribution in [3.05, 3.63) is 69.3 Å². The summed E-state index contributed by atoms with van der Waals surface area (Å²) in [5, 5.41) is 151. The second-order valence-electron chi connectivity index (χ2n) is 15.4. The predicted molar refractivity (Wildman–Crippen MR) is 210 cm³/mol. The summed E-state index contributed by atoms with van der Waals surface area (Å²) >= 11 is 0. The van der Waals surface area contributed by atoms with E-state index in [9.17, 15) is 105 Å². The van der Waals surface area contributed by atoms with Crippen LogP contribution in [0.2, 0.25) is 0 Å². The lowest BCUT2D eigenvalue weighted by Gasteiger charge is -2.40. The van der Waals surface area contributed by atoms with Gasteiger partial charge in [0, 0.05) is 22.3 Å². The largest absolute Gasteiger partial charge is 0.504 e. The third-order valence-corrected chi connectivity index (χ3v) is 11.6. The van der Waals surface area contributed by atoms with E-state index in [0.717, 1.165) is 0 Å². The maximum absolute atomic E-state index is 14.7. The van der Waals surface area contributed by atoms with Crippen molar-refractivity contribution < 1.29 is 133 Å². The van der Waals surface area contributed by atoms with Gasteiger partial charge >= 0.3 is 35.8 Å². The van der Waals surface area contributed by atoms with E-state index in [4.69, 9.17) is 23.7 Å². The monoisotopic (exact) mass is 966 g/mol. The SMILES string of the molecule is COC(=O)[C@@]1(O)C(=O)C2=C3C(=O)O[C@H]([C@H]([C@@H]4OC(=O)c5cc(O)c(O)c(O)c5-c5c(cc(O)c(O)c5O)C(=O)OC[C@H]4OC(=O)c4cc(O)c(O)c(O)c4)OC(=O)c4cc(O)c(O)c(O)c4[C@H]31)[C@@H]2O. The highest BCUT2D eigenvalue weighted by molar-refractivity contribution is 6.25. The van der Waals surface area contributed by atoms with Crippen LogP contribution in [0.5, 0.6) is 69.0 Å². The fourth-order valence-electron chi connectivity index (χ4n) is 8.37. The lowest BCUT2D eigenvalue weighted by molar-refractivity contribution is -0.179. The van der Waals surface area contributed by atoms with Gasteiger partial charge in [-0.15, -0.1) is 0 Å². The van der Waals surface area contributed by atoms with Gasteiger partial charge in [-0.05, 0) is 30.3 Å². The second-order valence-corrected chi connectivity index (χ2v) is 15.4. The number of esters is 6. The molecule has 0 saturated carbocycles. The Morgan fingerprint density at radius 3 is 1.58 bits per heavy atom. The standard InChI is InChI=1S/C42H30O27/c1-64-41(62)42(63)23-20-11(6-16(47)27(51)30(20)54)39(60)69-34(33-31(55)22(35(42)56)21(23)40(61)68-33)32-17(66-36(57)8-2-12(43)24(48)13(44)3-8)7-65-37(58)9-4-14(45)25(49)28(52)18(9)19-10(38(59)67-32)5-15(46)26(50)29(19)53/h2-6,17,23,31-34,43-55,63H,7H2,1H3/t17-,23-,31-,32-,33+,34+,42+/m1/s1. The zero-order valence-electron chi connectivity index (χ0n) is 34.1. The van der Waals surface area contributed by atoms with E-state index in [1.165, 1.54) is 0 Å². The lowest BCUT2D eigenvalue weighted by Crippen LogP contribution is -2.58. The van der Waals surface area contributed by atoms with Crippen LogP contribution in [-0.2, 0) is 42.8 Å². The molecule has 0 unspecified atom stereocenters. The molecule has 5 aliphatic rings. The molecule has 4 aliphatic heterocycles. The number of ketones is 1. The highest BCUT2D eigenvalue weighted by atomic mass is 16.6. The predicted octanol–water partition coefficient (Wildman–Crippen LogP) is -0.865. The quantitative estimate of drug-likeness (QED) is 0.0512. The third kappa shape index (κ3) is 6.69. The van der Waals surface area contributed by atoms with Crippen LogP contribution in [0.1, 0.15) is 52.9 Å². The summed E-state index contributed by atoms with van der Waals surface area (Å²) in [4.78, 5) is 99.0. The number of hydrogen-bond donors (Lipinski definition) is 14. The summed E-state index contributed by atoms with van der Waals surface area (Å²) in [6.07, 6.45) is -13.8. The Kier molecular flexibility index (Phi) is 10.6. The van der Waals surface area contributed by atoms with Gasteiger partial charge in [0.2, 0.25) is 28.6 Å². The van der Waals surface area contributed by atoms with Crippen LogP contribution >= 0.6 is 0 Å². The number of cyclic esters (lactones) is 2. The van der Waals surface area contributed by atoms with Crippen molar-refractivity contribution in [3.63, 3.8) is 0 Å². The molecule has 0 amide bonds. The lowest BCUT2D eigenvalue weighted by atomic mass is 9.77. The van der Waals surface area contributed by atoms with Crippen LogP contribution in [0, 0.1) is 0 Å². The molecule has 0 saturated heterocycles. The van der Waals surface area contributed by atoms with Crippen molar-refractivity contribution >= 4 is 41.6 Å². The molecule has 4 bridgehead atoms. The number of hydrogen-bond acceptors (Lipinski definition) is 27. The first-order chi connectivity index (χ1) is 32.4. The molecule has 4 aromatic carbocycles. The summed E-state index contributed by atoms with van der Waals surface area (Å²) in [6, 6.07) is 2.04. The van der Waals surface area contributed by atoms with Gasteiger partial charge in [-0.1, -0.05) is 0 Å². The molecule has 4 heterocycles. The van der Waals surface area contributed by atoms with Gasteiger partial charge in [0.15, 0.2) is 76.2 Å². The van der Waals surface area contributed by atoms with E-state index in [1.807, 2.05) is 0 Å². The number of aliphatic hydroxyl groups excluding tert-OH is 1. The molecule has 1 aliphatic carbocycles. The number of carbonyl (C=O) groups is 7. The first-order valence-corrected chi connectivity index (χ1v) is 19.2. The Balaban J connectivity index is 1.41. The van der Waals surface area contributed by atoms with Crippen LogP contribution in [0.15, 0.2) is 41.5 Å². The number of rotatable bonds is 4. The van der Waals surface area contributed by atoms with Crippen LogP contribution in [0.3, 0.4) is 0 Å². The molecule has 0 aromatic heterocycles. The fraction of sp³-hybridized carbons (Fsp3) is 0.214. The molecule has 7 atom stereocenters. The van der Waals surface area contributed by atoms with Gasteiger partial charge in [-0.2, -0.15) is 0 Å². The van der Waals surface area contributed by atoms with E-state index in [2.05, 4.69) is 4.74 Å². The number of carbonyl (C=O) groups excluding carboxylic acids is 7. The number of phenolic OH excluding ortho intramolecular Hbond substituents is 12. The van der Waals surface area contributed by atoms with Gasteiger partial charge in [-0.3, -0.25) is 4.79 Å². The number of benzene rings is 4. The minimum absolute atomic E-state index is 0.314. The van der Waals surface area contributed by atoms with Crippen LogP contribution < -0.4 is 0 Å². The number of phenols is 12. The smallest absolute Gasteiger partial charge is 0.347 e. The van der Waals surface area contributed by atoms with Gasteiger partial charge < -0.3 is 99.9 Å². The maximum atomic E-state index is 14.7. The van der Waals surface area contributed by atoms with Gasteiger partial charge in [-0.25, -0.2) is 28.8 Å². The molecule has 27 heteroatoms. The average molecular weight is 967 g/mol. The molecular weight excluding hydrogens is 936 g/mol. The molecule has 27 nitrogen and oxygen atoms in total. The van der Waals surface area contributed by atoms with E-state index >= 15 is 0 Å². The first-order valence-electron chi connectivity index (χ1n) is 19.2. The number of methoxy groups -OCH3 is 1. The van der Waals surface area contributed by atoms with Crippen molar-refractivity contribution in [2.45, 2.75) is 42.0 Å². The topological polar surface area (TPSA) is 458 Å². The van der Waals surface area contributed by atoms with Gasteiger partial charge in [0.1, 0.15) is 12.7 Å². The minimum atomic E-state index is -3.72. The number of aliphatic hydroxyl groups is 2. The first kappa shape index (κ1) is 46.2. The van der Waals surface area contributed by atoms with Crippen LogP contribution in [0.4, 0.5) is 0 Å². The number of ether oxygens (including phenoxy) is 6. The van der Waals surface area contributed by atoms with Crippen molar-refractivity contribution in [3.8, 4) is 80.1 Å². The molecular formula is C42H30O27. The number of Topliss-reactive ketones (excluding diaryl/α,β-unsaturated/α-hetero) is 1. The fourth-order valence-corrected chi connectivity index (χ4v) is 8.37. The van der Waals surface area contributed by atoms with Crippen molar-refractivity contribution in [1.29, 1.82) is 0 Å². The Bertz CT molecular complexity index is 3050. The van der Waals surface area contributed by atoms with E-state index in [1.54, 1.807) is 0 Å². The van der Waals surface area contributed by atoms with Crippen molar-refractivity contribution in [2.75, 3.05) is 13.7 Å². The van der Waals surface area contributed by atoms with Gasteiger partial charge in [0.25, 0.3) is 0 Å². The molecule has 69 heavy (non-hydrogen) atoms. The zero-order valence-corrected chi connectivity index (χ0v) is 34.1. The number of fused-ring (bicyclic) bond motifs is 6. The van der Waals surface area contributed by atoms with Crippen LogP contribution in [0.25, 0.3) is 11.1 Å². The van der Waals surface area contributed by atoms with Crippen LogP contribution in [-0.4, -0.2) is 163 Å². The van der Waals surface area contributed by atoms with E-state index < -0.39 is 209 Å². The molecule has 14 N–H and O–H groups in total. The second kappa shape index (κ2) is 15.9. The third-order valence-electron chi connectivity index (χ3n) is 11.6. The maximum Gasteiger partial charge on any atom is 0.347 e. The summed E-state index contributed by atoms with van der Waals surface area (Å²) in [5.41, 5.74) is -14.1. The minimum Gasteiger partial charge on any atom is -0.504 e. The van der Waals surface area contributed by atoms with E-state index in [0.29, 0.717) is 37.4 Å². The van der Waals surface area contributed by atoms with Crippen molar-refractivity contribution in [2.24, 2.45) is 0 Å². The molecule has 0 fully saturated rings. The highest BCUT2D eigenvalue weighted by Gasteiger charge is 2.68. The highest BCUT2D eigenvalue weighted by Crippen LogP contribution is 2.57. The van der Waals surface area contributed by atoms with Gasteiger partial charge in [0.05, 0.1) is 40.9 Å².